The number of piperazine rings is 1. The standard InChI is InChI=1S/C25H28ClFN4O/c1-28-9-8-18(15-28)16-31-17-21(20-7-6-19(26)14-24(20)31)25(32)30-12-10-29(11-13-30)23-5-3-2-4-22(23)27/h2-7,14,17-18H,8-13,15-16H2,1H3. The van der Waals surface area contributed by atoms with Crippen LogP contribution in [0.15, 0.2) is 48.7 Å². The molecule has 1 aromatic heterocycles. The second-order valence-electron chi connectivity index (χ2n) is 9.00. The van der Waals surface area contributed by atoms with Crippen LogP contribution in [-0.4, -0.2) is 66.6 Å². The molecule has 168 valence electrons. The van der Waals surface area contributed by atoms with Crippen LogP contribution in [0.1, 0.15) is 16.8 Å². The van der Waals surface area contributed by atoms with Crippen LogP contribution in [0.5, 0.6) is 0 Å². The fourth-order valence-corrected chi connectivity index (χ4v) is 5.24. The van der Waals surface area contributed by atoms with Gasteiger partial charge in [-0.15, -0.1) is 0 Å². The quantitative estimate of drug-likeness (QED) is 0.587. The fraction of sp³-hybridized carbons (Fsp3) is 0.400. The van der Waals surface area contributed by atoms with E-state index in [1.165, 1.54) is 6.07 Å². The number of hydrogen-bond acceptors (Lipinski definition) is 3. The van der Waals surface area contributed by atoms with Crippen LogP contribution < -0.4 is 4.90 Å². The number of halogens is 2. The summed E-state index contributed by atoms with van der Waals surface area (Å²) in [5.74, 6) is 0.388. The summed E-state index contributed by atoms with van der Waals surface area (Å²) < 4.78 is 16.4. The number of carbonyl (C=O) groups excluding carboxylic acids is 1. The zero-order valence-corrected chi connectivity index (χ0v) is 19.1. The second-order valence-corrected chi connectivity index (χ2v) is 9.44. The predicted molar refractivity (Wildman–Crippen MR) is 127 cm³/mol. The Labute approximate surface area is 193 Å². The number of likely N-dealkylation sites (tertiary alicyclic amines) is 1. The van der Waals surface area contributed by atoms with Crippen molar-refractivity contribution >= 4 is 34.1 Å². The van der Waals surface area contributed by atoms with Crippen molar-refractivity contribution < 1.29 is 9.18 Å². The Bertz CT molecular complexity index is 1140. The minimum absolute atomic E-state index is 0.0350. The Morgan fingerprint density at radius 3 is 2.59 bits per heavy atom. The maximum atomic E-state index is 14.2. The fourth-order valence-electron chi connectivity index (χ4n) is 5.07. The molecule has 0 radical (unpaired) electrons. The van der Waals surface area contributed by atoms with Gasteiger partial charge in [0.25, 0.3) is 5.91 Å². The number of fused-ring (bicyclic) bond motifs is 1. The molecule has 2 aliphatic heterocycles. The lowest BCUT2D eigenvalue weighted by Gasteiger charge is -2.36. The average Bonchev–Trinajstić information content (AvgIpc) is 3.37. The molecule has 5 rings (SSSR count). The van der Waals surface area contributed by atoms with E-state index in [1.807, 2.05) is 40.3 Å². The van der Waals surface area contributed by atoms with Gasteiger partial charge in [0.2, 0.25) is 0 Å². The van der Waals surface area contributed by atoms with Gasteiger partial charge in [-0.05, 0) is 50.2 Å². The molecule has 0 aliphatic carbocycles. The molecule has 2 saturated heterocycles. The Morgan fingerprint density at radius 2 is 1.88 bits per heavy atom. The molecule has 0 bridgehead atoms. The normalized spacial score (nSPS) is 19.8. The van der Waals surface area contributed by atoms with Crippen LogP contribution in [-0.2, 0) is 6.54 Å². The smallest absolute Gasteiger partial charge is 0.256 e. The first kappa shape index (κ1) is 21.3. The van der Waals surface area contributed by atoms with E-state index >= 15 is 0 Å². The SMILES string of the molecule is CN1CCC(Cn2cc(C(=O)N3CCN(c4ccccc4F)CC3)c3ccc(Cl)cc32)C1. The first-order chi connectivity index (χ1) is 15.5. The number of para-hydroxylation sites is 1. The van der Waals surface area contributed by atoms with Crippen LogP contribution >= 0.6 is 11.6 Å². The third-order valence-corrected chi connectivity index (χ3v) is 7.01. The van der Waals surface area contributed by atoms with E-state index in [-0.39, 0.29) is 11.7 Å². The maximum Gasteiger partial charge on any atom is 0.256 e. The summed E-state index contributed by atoms with van der Waals surface area (Å²) >= 11 is 6.30. The number of aromatic nitrogens is 1. The minimum Gasteiger partial charge on any atom is -0.366 e. The molecule has 2 fully saturated rings. The molecule has 32 heavy (non-hydrogen) atoms. The van der Waals surface area contributed by atoms with Crippen molar-refractivity contribution in [2.24, 2.45) is 5.92 Å². The largest absolute Gasteiger partial charge is 0.366 e. The van der Waals surface area contributed by atoms with Gasteiger partial charge in [-0.2, -0.15) is 0 Å². The molecular weight excluding hydrogens is 427 g/mol. The minimum atomic E-state index is -0.218. The van der Waals surface area contributed by atoms with Gasteiger partial charge in [0.1, 0.15) is 5.82 Å². The van der Waals surface area contributed by atoms with Crippen LogP contribution in [0.25, 0.3) is 10.9 Å². The molecule has 1 atom stereocenters. The Balaban J connectivity index is 1.36. The van der Waals surface area contributed by atoms with Crippen molar-refractivity contribution in [3.05, 3.63) is 65.1 Å². The monoisotopic (exact) mass is 454 g/mol. The highest BCUT2D eigenvalue weighted by Gasteiger charge is 2.27. The van der Waals surface area contributed by atoms with Gasteiger partial charge >= 0.3 is 0 Å². The molecule has 3 aromatic rings. The highest BCUT2D eigenvalue weighted by atomic mass is 35.5. The lowest BCUT2D eigenvalue weighted by atomic mass is 10.1. The Kier molecular flexibility index (Phi) is 5.82. The molecule has 2 aliphatic rings. The Hall–Kier alpha value is -2.57. The number of hydrogen-bond donors (Lipinski definition) is 0. The molecule has 5 nitrogen and oxygen atoms in total. The van der Waals surface area contributed by atoms with E-state index in [2.05, 4.69) is 16.5 Å². The molecule has 2 aromatic carbocycles. The first-order valence-corrected chi connectivity index (χ1v) is 11.6. The van der Waals surface area contributed by atoms with Crippen molar-refractivity contribution in [1.29, 1.82) is 0 Å². The summed E-state index contributed by atoms with van der Waals surface area (Å²) in [5, 5.41) is 1.63. The zero-order valence-electron chi connectivity index (χ0n) is 18.3. The predicted octanol–water partition coefficient (Wildman–Crippen LogP) is 4.35. The van der Waals surface area contributed by atoms with Gasteiger partial charge in [-0.3, -0.25) is 4.79 Å². The van der Waals surface area contributed by atoms with Crippen LogP contribution in [0.2, 0.25) is 5.02 Å². The highest BCUT2D eigenvalue weighted by Crippen LogP contribution is 2.29. The van der Waals surface area contributed by atoms with E-state index < -0.39 is 0 Å². The third-order valence-electron chi connectivity index (χ3n) is 6.78. The summed E-state index contributed by atoms with van der Waals surface area (Å²) in [6.07, 6.45) is 3.17. The summed E-state index contributed by atoms with van der Waals surface area (Å²) in [6.45, 7) is 5.44. The zero-order chi connectivity index (χ0) is 22.2. The van der Waals surface area contributed by atoms with Gasteiger partial charge in [-0.1, -0.05) is 29.8 Å². The van der Waals surface area contributed by atoms with Gasteiger partial charge in [0, 0.05) is 55.9 Å². The van der Waals surface area contributed by atoms with Crippen LogP contribution in [0.3, 0.4) is 0 Å². The van der Waals surface area contributed by atoms with Crippen LogP contribution in [0, 0.1) is 11.7 Å². The van der Waals surface area contributed by atoms with Crippen molar-refractivity contribution in [3.8, 4) is 0 Å². The van der Waals surface area contributed by atoms with Gasteiger partial charge in [0.15, 0.2) is 0 Å². The van der Waals surface area contributed by atoms with Crippen molar-refractivity contribution in [1.82, 2.24) is 14.4 Å². The Morgan fingerprint density at radius 1 is 1.09 bits per heavy atom. The van der Waals surface area contributed by atoms with Crippen molar-refractivity contribution in [3.63, 3.8) is 0 Å². The molecular formula is C25H28ClFN4O. The number of amides is 1. The lowest BCUT2D eigenvalue weighted by molar-refractivity contribution is 0.0748. The summed E-state index contributed by atoms with van der Waals surface area (Å²) in [5.41, 5.74) is 2.34. The maximum absolute atomic E-state index is 14.2. The lowest BCUT2D eigenvalue weighted by Crippen LogP contribution is -2.49. The number of rotatable bonds is 4. The third kappa shape index (κ3) is 4.09. The van der Waals surface area contributed by atoms with Crippen molar-refractivity contribution in [2.45, 2.75) is 13.0 Å². The molecule has 1 unspecified atom stereocenters. The summed E-state index contributed by atoms with van der Waals surface area (Å²) in [4.78, 5) is 19.7. The first-order valence-electron chi connectivity index (χ1n) is 11.3. The molecule has 0 N–H and O–H groups in total. The van der Waals surface area contributed by atoms with Gasteiger partial charge in [-0.25, -0.2) is 4.39 Å². The van der Waals surface area contributed by atoms with E-state index in [0.717, 1.165) is 42.5 Å². The number of nitrogens with zero attached hydrogens (tertiary/aromatic N) is 4. The van der Waals surface area contributed by atoms with E-state index in [4.69, 9.17) is 11.6 Å². The van der Waals surface area contributed by atoms with E-state index in [9.17, 15) is 9.18 Å². The molecule has 3 heterocycles. The number of benzene rings is 2. The van der Waals surface area contributed by atoms with E-state index in [1.54, 1.807) is 12.1 Å². The molecule has 0 saturated carbocycles. The van der Waals surface area contributed by atoms with E-state index in [0.29, 0.717) is 42.8 Å². The average molecular weight is 455 g/mol. The van der Waals surface area contributed by atoms with Gasteiger partial charge < -0.3 is 19.3 Å². The highest BCUT2D eigenvalue weighted by molar-refractivity contribution is 6.31. The summed E-state index contributed by atoms with van der Waals surface area (Å²) in [7, 11) is 2.15. The van der Waals surface area contributed by atoms with Crippen molar-refractivity contribution in [2.75, 3.05) is 51.2 Å². The topological polar surface area (TPSA) is 31.7 Å². The second kappa shape index (κ2) is 8.75. The summed E-state index contributed by atoms with van der Waals surface area (Å²) in [6, 6.07) is 12.6. The number of carbonyl (C=O) groups is 1. The van der Waals surface area contributed by atoms with Gasteiger partial charge in [0.05, 0.1) is 16.8 Å². The molecule has 0 spiro atoms. The molecule has 1 amide bonds. The molecule has 7 heteroatoms. The number of anilines is 1. The van der Waals surface area contributed by atoms with Crippen LogP contribution in [0.4, 0.5) is 10.1 Å².